The summed E-state index contributed by atoms with van der Waals surface area (Å²) in [5.41, 5.74) is 6.44. The minimum Gasteiger partial charge on any atom is -0.497 e. The third-order valence-corrected chi connectivity index (χ3v) is 4.49. The van der Waals surface area contributed by atoms with Gasteiger partial charge in [-0.05, 0) is 35.4 Å². The maximum Gasteiger partial charge on any atom is 0.244 e. The molecule has 2 aromatic rings. The van der Waals surface area contributed by atoms with E-state index < -0.39 is 29.7 Å². The van der Waals surface area contributed by atoms with E-state index in [9.17, 15) is 18.8 Å². The van der Waals surface area contributed by atoms with Crippen molar-refractivity contribution in [2.75, 3.05) is 14.2 Å². The van der Waals surface area contributed by atoms with Crippen molar-refractivity contribution in [1.29, 1.82) is 0 Å². The van der Waals surface area contributed by atoms with Crippen molar-refractivity contribution < 1.29 is 23.5 Å². The molecule has 0 spiro atoms. The highest BCUT2D eigenvalue weighted by atomic mass is 19.1. The van der Waals surface area contributed by atoms with Crippen LogP contribution in [-0.4, -0.2) is 36.8 Å². The van der Waals surface area contributed by atoms with Crippen LogP contribution in [0.1, 0.15) is 36.6 Å². The van der Waals surface area contributed by atoms with Gasteiger partial charge >= 0.3 is 0 Å². The first kappa shape index (κ1) is 21.9. The monoisotopic (exact) mass is 401 g/mol. The van der Waals surface area contributed by atoms with Crippen LogP contribution in [0.3, 0.4) is 0 Å². The Morgan fingerprint density at radius 2 is 1.79 bits per heavy atom. The summed E-state index contributed by atoms with van der Waals surface area (Å²) < 4.78 is 18.7. The third kappa shape index (κ3) is 5.78. The Morgan fingerprint density at radius 1 is 1.14 bits per heavy atom. The molecule has 7 nitrogen and oxygen atoms in total. The summed E-state index contributed by atoms with van der Waals surface area (Å²) in [5.74, 6) is -1.43. The topological polar surface area (TPSA) is 102 Å². The zero-order valence-electron chi connectivity index (χ0n) is 16.5. The van der Waals surface area contributed by atoms with Gasteiger partial charge in [0.2, 0.25) is 17.7 Å². The highest BCUT2D eigenvalue weighted by Gasteiger charge is 2.29. The summed E-state index contributed by atoms with van der Waals surface area (Å²) in [5, 5.41) is 2.73. The second-order valence-electron chi connectivity index (χ2n) is 6.59. The highest BCUT2D eigenvalue weighted by Crippen LogP contribution is 2.25. The van der Waals surface area contributed by atoms with E-state index in [1.807, 2.05) is 0 Å². The molecule has 0 bridgehead atoms. The number of primary amides is 1. The Labute approximate surface area is 168 Å². The first-order valence-corrected chi connectivity index (χ1v) is 8.94. The minimum atomic E-state index is -1.13. The second kappa shape index (κ2) is 9.68. The number of hydrogen-bond donors (Lipinski definition) is 2. The smallest absolute Gasteiger partial charge is 0.244 e. The molecule has 0 heterocycles. The molecule has 8 heteroatoms. The number of nitrogens with zero attached hydrogens (tertiary/aromatic N) is 1. The Kier molecular flexibility index (Phi) is 7.30. The first-order valence-electron chi connectivity index (χ1n) is 8.94. The van der Waals surface area contributed by atoms with Gasteiger partial charge in [0.05, 0.1) is 19.6 Å². The van der Waals surface area contributed by atoms with Crippen LogP contribution in [0.4, 0.5) is 4.39 Å². The molecule has 154 valence electrons. The van der Waals surface area contributed by atoms with E-state index in [1.165, 1.54) is 39.3 Å². The Bertz CT molecular complexity index is 886. The zero-order chi connectivity index (χ0) is 21.6. The van der Waals surface area contributed by atoms with Gasteiger partial charge in [0.15, 0.2) is 0 Å². The first-order chi connectivity index (χ1) is 13.7. The van der Waals surface area contributed by atoms with Crippen LogP contribution >= 0.6 is 0 Å². The lowest BCUT2D eigenvalue weighted by Gasteiger charge is -2.28. The fourth-order valence-electron chi connectivity index (χ4n) is 3.05. The van der Waals surface area contributed by atoms with E-state index in [0.29, 0.717) is 11.3 Å². The maximum absolute atomic E-state index is 13.6. The van der Waals surface area contributed by atoms with Gasteiger partial charge < -0.3 is 20.7 Å². The van der Waals surface area contributed by atoms with E-state index in [-0.39, 0.29) is 17.9 Å². The number of carbonyl (C=O) groups is 3. The Hall–Kier alpha value is -3.42. The molecule has 3 amide bonds. The van der Waals surface area contributed by atoms with Crippen molar-refractivity contribution in [3.63, 3.8) is 0 Å². The van der Waals surface area contributed by atoms with Gasteiger partial charge in [-0.3, -0.25) is 14.4 Å². The Balaban J connectivity index is 2.25. The van der Waals surface area contributed by atoms with Crippen molar-refractivity contribution in [3.05, 3.63) is 65.5 Å². The third-order valence-electron chi connectivity index (χ3n) is 4.49. The molecule has 0 aliphatic rings. The molecule has 0 aromatic heterocycles. The van der Waals surface area contributed by atoms with Crippen LogP contribution in [0.5, 0.6) is 5.75 Å². The number of nitrogens with one attached hydrogen (secondary N) is 1. The molecule has 0 aliphatic carbocycles. The van der Waals surface area contributed by atoms with Gasteiger partial charge in [-0.25, -0.2) is 4.39 Å². The fraction of sp³-hybridized carbons (Fsp3) is 0.286. The van der Waals surface area contributed by atoms with Crippen LogP contribution in [0.15, 0.2) is 48.5 Å². The van der Waals surface area contributed by atoms with Gasteiger partial charge in [0, 0.05) is 14.0 Å². The SMILES string of the molecule is COc1ccc(C(CC(=O)N(C)C(C(N)=O)c2cccc(F)c2)NC(C)=O)cc1. The fourth-order valence-corrected chi connectivity index (χ4v) is 3.05. The van der Waals surface area contributed by atoms with E-state index in [0.717, 1.165) is 11.0 Å². The lowest BCUT2D eigenvalue weighted by atomic mass is 10.0. The van der Waals surface area contributed by atoms with Gasteiger partial charge in [0.1, 0.15) is 17.6 Å². The van der Waals surface area contributed by atoms with Crippen LogP contribution in [0.2, 0.25) is 0 Å². The molecule has 2 unspecified atom stereocenters. The summed E-state index contributed by atoms with van der Waals surface area (Å²) in [6, 6.07) is 10.5. The Morgan fingerprint density at radius 3 is 2.31 bits per heavy atom. The number of nitrogens with two attached hydrogens (primary N) is 1. The number of ether oxygens (including phenoxy) is 1. The van der Waals surface area contributed by atoms with Crippen molar-refractivity contribution in [2.24, 2.45) is 5.73 Å². The standard InChI is InChI=1S/C21H24FN3O4/c1-13(26)24-18(14-7-9-17(29-3)10-8-14)12-19(27)25(2)20(21(23)28)15-5-4-6-16(22)11-15/h4-11,18,20H,12H2,1-3H3,(H2,23,28)(H,24,26). The summed E-state index contributed by atoms with van der Waals surface area (Å²) in [4.78, 5) is 37.7. The average Bonchev–Trinajstić information content (AvgIpc) is 2.67. The van der Waals surface area contributed by atoms with Crippen molar-refractivity contribution in [3.8, 4) is 5.75 Å². The number of benzene rings is 2. The highest BCUT2D eigenvalue weighted by molar-refractivity contribution is 5.88. The maximum atomic E-state index is 13.6. The summed E-state index contributed by atoms with van der Waals surface area (Å²) in [6.07, 6.45) is -0.110. The van der Waals surface area contributed by atoms with Gasteiger partial charge in [-0.2, -0.15) is 0 Å². The molecule has 0 radical (unpaired) electrons. The van der Waals surface area contributed by atoms with Crippen LogP contribution in [0, 0.1) is 5.82 Å². The van der Waals surface area contributed by atoms with E-state index in [4.69, 9.17) is 10.5 Å². The molecule has 0 saturated carbocycles. The molecule has 2 aromatic carbocycles. The molecule has 29 heavy (non-hydrogen) atoms. The van der Waals surface area contributed by atoms with Gasteiger partial charge in [-0.15, -0.1) is 0 Å². The number of amides is 3. The van der Waals surface area contributed by atoms with Crippen LogP contribution < -0.4 is 15.8 Å². The van der Waals surface area contributed by atoms with Crippen LogP contribution in [-0.2, 0) is 14.4 Å². The molecule has 0 saturated heterocycles. The van der Waals surface area contributed by atoms with Crippen molar-refractivity contribution >= 4 is 17.7 Å². The molecular weight excluding hydrogens is 377 g/mol. The largest absolute Gasteiger partial charge is 0.497 e. The van der Waals surface area contributed by atoms with Crippen LogP contribution in [0.25, 0.3) is 0 Å². The van der Waals surface area contributed by atoms with E-state index in [1.54, 1.807) is 24.3 Å². The molecule has 2 rings (SSSR count). The summed E-state index contributed by atoms with van der Waals surface area (Å²) >= 11 is 0. The number of rotatable bonds is 8. The quantitative estimate of drug-likeness (QED) is 0.707. The summed E-state index contributed by atoms with van der Waals surface area (Å²) in [6.45, 7) is 1.35. The van der Waals surface area contributed by atoms with E-state index >= 15 is 0 Å². The average molecular weight is 401 g/mol. The normalized spacial score (nSPS) is 12.6. The predicted molar refractivity (Wildman–Crippen MR) is 105 cm³/mol. The van der Waals surface area contributed by atoms with Gasteiger partial charge in [-0.1, -0.05) is 24.3 Å². The molecule has 2 atom stereocenters. The number of hydrogen-bond acceptors (Lipinski definition) is 4. The lowest BCUT2D eigenvalue weighted by molar-refractivity contribution is -0.138. The zero-order valence-corrected chi connectivity index (χ0v) is 16.5. The number of likely N-dealkylation sites (N-methyl/N-ethyl adjacent to an activating group) is 1. The molecule has 0 fully saturated rings. The lowest BCUT2D eigenvalue weighted by Crippen LogP contribution is -2.41. The van der Waals surface area contributed by atoms with Crippen molar-refractivity contribution in [2.45, 2.75) is 25.4 Å². The predicted octanol–water partition coefficient (Wildman–Crippen LogP) is 2.09. The molecule has 3 N–H and O–H groups in total. The second-order valence-corrected chi connectivity index (χ2v) is 6.59. The minimum absolute atomic E-state index is 0.110. The van der Waals surface area contributed by atoms with Gasteiger partial charge in [0.25, 0.3) is 0 Å². The summed E-state index contributed by atoms with van der Waals surface area (Å²) in [7, 11) is 2.96. The van der Waals surface area contributed by atoms with Crippen molar-refractivity contribution in [1.82, 2.24) is 10.2 Å². The number of methoxy groups -OCH3 is 1. The molecule has 0 aliphatic heterocycles. The number of carbonyl (C=O) groups excluding carboxylic acids is 3. The number of halogens is 1. The molecular formula is C21H24FN3O4. The van der Waals surface area contributed by atoms with E-state index in [2.05, 4.69) is 5.32 Å².